The molecule has 1 amide bonds. The number of halogens is 1. The van der Waals surface area contributed by atoms with Gasteiger partial charge in [-0.05, 0) is 39.1 Å². The first-order valence-corrected chi connectivity index (χ1v) is 5.93. The van der Waals surface area contributed by atoms with Gasteiger partial charge in [0.25, 0.3) is 0 Å². The molecule has 18 heavy (non-hydrogen) atoms. The van der Waals surface area contributed by atoms with E-state index >= 15 is 0 Å². The van der Waals surface area contributed by atoms with Gasteiger partial charge in [0.2, 0.25) is 5.91 Å². The van der Waals surface area contributed by atoms with Crippen LogP contribution in [0.4, 0.5) is 5.69 Å². The van der Waals surface area contributed by atoms with Crippen molar-refractivity contribution in [3.05, 3.63) is 24.3 Å². The second kappa shape index (κ2) is 9.74. The number of carbonyl (C=O) groups is 1. The van der Waals surface area contributed by atoms with Crippen molar-refractivity contribution in [2.24, 2.45) is 0 Å². The lowest BCUT2D eigenvalue weighted by Gasteiger charge is -2.07. The minimum absolute atomic E-state index is 0. The van der Waals surface area contributed by atoms with Crippen molar-refractivity contribution >= 4 is 24.0 Å². The fourth-order valence-corrected chi connectivity index (χ4v) is 1.48. The van der Waals surface area contributed by atoms with E-state index in [4.69, 9.17) is 4.74 Å². The number of nitrogens with one attached hydrogen (secondary N) is 2. The van der Waals surface area contributed by atoms with Gasteiger partial charge in [0.1, 0.15) is 5.75 Å². The number of rotatable bonds is 7. The average molecular weight is 273 g/mol. The summed E-state index contributed by atoms with van der Waals surface area (Å²) >= 11 is 0. The smallest absolute Gasteiger partial charge is 0.224 e. The van der Waals surface area contributed by atoms with Crippen LogP contribution in [0, 0.1) is 0 Å². The number of hydrogen-bond acceptors (Lipinski definition) is 3. The van der Waals surface area contributed by atoms with Crippen LogP contribution in [0.15, 0.2) is 24.3 Å². The number of carbonyl (C=O) groups excluding carboxylic acids is 1. The van der Waals surface area contributed by atoms with Crippen molar-refractivity contribution in [2.75, 3.05) is 25.5 Å². The highest BCUT2D eigenvalue weighted by Crippen LogP contribution is 2.17. The van der Waals surface area contributed by atoms with Crippen molar-refractivity contribution in [3.63, 3.8) is 0 Å². The fraction of sp³-hybridized carbons (Fsp3) is 0.462. The number of amides is 1. The molecule has 0 aliphatic heterocycles. The molecule has 0 aliphatic rings. The van der Waals surface area contributed by atoms with Crippen molar-refractivity contribution in [2.45, 2.75) is 19.8 Å². The third kappa shape index (κ3) is 6.47. The molecule has 0 atom stereocenters. The van der Waals surface area contributed by atoms with Gasteiger partial charge in [-0.2, -0.15) is 0 Å². The second-order valence-corrected chi connectivity index (χ2v) is 3.72. The quantitative estimate of drug-likeness (QED) is 0.750. The molecule has 0 fully saturated rings. The monoisotopic (exact) mass is 272 g/mol. The molecule has 4 nitrogen and oxygen atoms in total. The Morgan fingerprint density at radius 3 is 2.83 bits per heavy atom. The normalized spacial score (nSPS) is 9.44. The number of hydrogen-bond donors (Lipinski definition) is 2. The van der Waals surface area contributed by atoms with Crippen LogP contribution < -0.4 is 15.4 Å². The summed E-state index contributed by atoms with van der Waals surface area (Å²) in [5.74, 6) is 0.814. The maximum absolute atomic E-state index is 11.6. The predicted octanol–water partition coefficient (Wildman–Crippen LogP) is 2.45. The number of anilines is 1. The zero-order valence-corrected chi connectivity index (χ0v) is 11.7. The first kappa shape index (κ1) is 16.7. The van der Waals surface area contributed by atoms with E-state index in [0.29, 0.717) is 13.0 Å². The molecule has 5 heteroatoms. The lowest BCUT2D eigenvalue weighted by molar-refractivity contribution is -0.116. The van der Waals surface area contributed by atoms with Crippen molar-refractivity contribution in [1.82, 2.24) is 5.32 Å². The van der Waals surface area contributed by atoms with Gasteiger partial charge in [-0.15, -0.1) is 12.4 Å². The minimum atomic E-state index is 0. The number of benzene rings is 1. The third-order valence-corrected chi connectivity index (χ3v) is 2.26. The molecule has 0 bridgehead atoms. The molecule has 0 unspecified atom stereocenters. The molecule has 0 radical (unpaired) electrons. The summed E-state index contributed by atoms with van der Waals surface area (Å²) in [7, 11) is 1.88. The van der Waals surface area contributed by atoms with E-state index in [1.165, 1.54) is 0 Å². The minimum Gasteiger partial charge on any atom is -0.494 e. The van der Waals surface area contributed by atoms with E-state index in [1.54, 1.807) is 0 Å². The molecule has 0 aromatic heterocycles. The molecule has 0 saturated carbocycles. The van der Waals surface area contributed by atoms with E-state index in [1.807, 2.05) is 38.2 Å². The summed E-state index contributed by atoms with van der Waals surface area (Å²) in [6.45, 7) is 3.41. The van der Waals surface area contributed by atoms with Crippen LogP contribution in [0.1, 0.15) is 19.8 Å². The fourth-order valence-electron chi connectivity index (χ4n) is 1.48. The van der Waals surface area contributed by atoms with E-state index < -0.39 is 0 Å². The summed E-state index contributed by atoms with van der Waals surface area (Å²) in [6, 6.07) is 7.44. The van der Waals surface area contributed by atoms with Crippen molar-refractivity contribution < 1.29 is 9.53 Å². The lowest BCUT2D eigenvalue weighted by Crippen LogP contribution is -2.15. The predicted molar refractivity (Wildman–Crippen MR) is 76.6 cm³/mol. The van der Waals surface area contributed by atoms with Crippen LogP contribution in [0.25, 0.3) is 0 Å². The Hall–Kier alpha value is -1.26. The van der Waals surface area contributed by atoms with Gasteiger partial charge in [0, 0.05) is 18.2 Å². The Morgan fingerprint density at radius 2 is 2.17 bits per heavy atom. The second-order valence-electron chi connectivity index (χ2n) is 3.72. The Labute approximate surface area is 115 Å². The Kier molecular flexibility index (Phi) is 9.06. The van der Waals surface area contributed by atoms with Gasteiger partial charge in [0.15, 0.2) is 0 Å². The Bertz CT molecular complexity index is 359. The van der Waals surface area contributed by atoms with Crippen LogP contribution in [0.2, 0.25) is 0 Å². The maximum atomic E-state index is 11.6. The Morgan fingerprint density at radius 1 is 1.39 bits per heavy atom. The first-order chi connectivity index (χ1) is 8.26. The molecule has 0 spiro atoms. The van der Waals surface area contributed by atoms with E-state index in [2.05, 4.69) is 10.6 Å². The molecule has 2 N–H and O–H groups in total. The highest BCUT2D eigenvalue weighted by Gasteiger charge is 2.02. The first-order valence-electron chi connectivity index (χ1n) is 5.93. The zero-order chi connectivity index (χ0) is 12.5. The van der Waals surface area contributed by atoms with Gasteiger partial charge in [0.05, 0.1) is 6.61 Å². The molecule has 0 heterocycles. The van der Waals surface area contributed by atoms with Crippen LogP contribution in [-0.4, -0.2) is 26.1 Å². The van der Waals surface area contributed by atoms with Gasteiger partial charge in [-0.25, -0.2) is 0 Å². The molecule has 102 valence electrons. The van der Waals surface area contributed by atoms with Gasteiger partial charge >= 0.3 is 0 Å². The van der Waals surface area contributed by atoms with Crippen molar-refractivity contribution in [1.29, 1.82) is 0 Å². The number of ether oxygens (including phenoxy) is 1. The van der Waals surface area contributed by atoms with E-state index in [-0.39, 0.29) is 18.3 Å². The molecule has 0 aliphatic carbocycles. The standard InChI is InChI=1S/C13H20N2O2.ClH/c1-3-17-12-7-4-6-11(10-12)15-13(16)8-5-9-14-2;/h4,6-7,10,14H,3,5,8-9H2,1-2H3,(H,15,16);1H. The largest absolute Gasteiger partial charge is 0.494 e. The van der Waals surface area contributed by atoms with Gasteiger partial charge < -0.3 is 15.4 Å². The molecular weight excluding hydrogens is 252 g/mol. The average Bonchev–Trinajstić information content (AvgIpc) is 2.30. The molecule has 1 aromatic carbocycles. The van der Waals surface area contributed by atoms with Crippen LogP contribution in [0.3, 0.4) is 0 Å². The molecule has 0 saturated heterocycles. The zero-order valence-electron chi connectivity index (χ0n) is 10.9. The summed E-state index contributed by atoms with van der Waals surface area (Å²) < 4.78 is 5.37. The van der Waals surface area contributed by atoms with E-state index in [0.717, 1.165) is 24.4 Å². The summed E-state index contributed by atoms with van der Waals surface area (Å²) in [5.41, 5.74) is 0.783. The van der Waals surface area contributed by atoms with Crippen LogP contribution in [-0.2, 0) is 4.79 Å². The summed E-state index contributed by atoms with van der Waals surface area (Å²) in [6.07, 6.45) is 1.37. The highest BCUT2D eigenvalue weighted by atomic mass is 35.5. The SMILES string of the molecule is CCOc1cccc(NC(=O)CCCNC)c1.Cl. The molecular formula is C13H21ClN2O2. The van der Waals surface area contributed by atoms with Crippen molar-refractivity contribution in [3.8, 4) is 5.75 Å². The maximum Gasteiger partial charge on any atom is 0.224 e. The topological polar surface area (TPSA) is 50.4 Å². The molecule has 1 rings (SSSR count). The summed E-state index contributed by atoms with van der Waals surface area (Å²) in [5, 5.41) is 5.87. The van der Waals surface area contributed by atoms with Gasteiger partial charge in [-0.3, -0.25) is 4.79 Å². The molecule has 1 aromatic rings. The lowest BCUT2D eigenvalue weighted by atomic mass is 10.2. The highest BCUT2D eigenvalue weighted by molar-refractivity contribution is 5.90. The third-order valence-electron chi connectivity index (χ3n) is 2.26. The Balaban J connectivity index is 0.00000289. The van der Waals surface area contributed by atoms with Crippen LogP contribution >= 0.6 is 12.4 Å². The van der Waals surface area contributed by atoms with E-state index in [9.17, 15) is 4.79 Å². The van der Waals surface area contributed by atoms with Gasteiger partial charge in [-0.1, -0.05) is 6.07 Å². The summed E-state index contributed by atoms with van der Waals surface area (Å²) in [4.78, 5) is 11.6. The van der Waals surface area contributed by atoms with Crippen LogP contribution in [0.5, 0.6) is 5.75 Å².